The molecule has 1 saturated carbocycles. The summed E-state index contributed by atoms with van der Waals surface area (Å²) in [6.07, 6.45) is 3.32. The molecule has 1 amide bonds. The molecule has 2 atom stereocenters. The fourth-order valence-corrected chi connectivity index (χ4v) is 2.71. The number of rotatable bonds is 7. The van der Waals surface area contributed by atoms with E-state index in [4.69, 9.17) is 5.73 Å². The zero-order valence-electron chi connectivity index (χ0n) is 12.6. The van der Waals surface area contributed by atoms with Gasteiger partial charge >= 0.3 is 0 Å². The summed E-state index contributed by atoms with van der Waals surface area (Å²) in [5, 5.41) is 0. The molecule has 3 heteroatoms. The number of nitrogens with two attached hydrogens (primary N) is 1. The Morgan fingerprint density at radius 3 is 2.50 bits per heavy atom. The van der Waals surface area contributed by atoms with E-state index in [-0.39, 0.29) is 11.8 Å². The average Bonchev–Trinajstić information content (AvgIpc) is 3.31. The monoisotopic (exact) mass is 274 g/mol. The number of carbonyl (C=O) groups is 1. The normalized spacial score (nSPS) is 17.6. The largest absolute Gasteiger partial charge is 0.335 e. The lowest BCUT2D eigenvalue weighted by atomic mass is 10.0. The second kappa shape index (κ2) is 6.89. The Morgan fingerprint density at radius 1 is 1.35 bits per heavy atom. The van der Waals surface area contributed by atoms with E-state index < -0.39 is 0 Å². The maximum atomic E-state index is 12.7. The summed E-state index contributed by atoms with van der Waals surface area (Å²) < 4.78 is 0. The van der Waals surface area contributed by atoms with Gasteiger partial charge in [-0.2, -0.15) is 0 Å². The molecule has 1 aromatic rings. The van der Waals surface area contributed by atoms with E-state index >= 15 is 0 Å². The predicted octanol–water partition coefficient (Wildman–Crippen LogP) is 2.80. The Hall–Kier alpha value is -1.35. The van der Waals surface area contributed by atoms with Gasteiger partial charge < -0.3 is 10.6 Å². The number of benzene rings is 1. The summed E-state index contributed by atoms with van der Waals surface area (Å²) in [6.45, 7) is 5.37. The standard InChI is InChI=1S/C17H26N2O/c1-3-15(11-18)17(20)19(13(2)16-9-10-16)12-14-7-5-4-6-8-14/h4-8,13,15-16H,3,9-12,18H2,1-2H3. The number of amides is 1. The third-order valence-corrected chi connectivity index (χ3v) is 4.40. The van der Waals surface area contributed by atoms with Crippen molar-refractivity contribution in [1.29, 1.82) is 0 Å². The Bertz CT molecular complexity index is 424. The summed E-state index contributed by atoms with van der Waals surface area (Å²) in [6, 6.07) is 10.6. The van der Waals surface area contributed by atoms with Crippen LogP contribution in [0.15, 0.2) is 30.3 Å². The first-order valence-electron chi connectivity index (χ1n) is 7.71. The molecule has 3 nitrogen and oxygen atoms in total. The highest BCUT2D eigenvalue weighted by molar-refractivity contribution is 5.79. The van der Waals surface area contributed by atoms with Gasteiger partial charge in [0, 0.05) is 19.1 Å². The van der Waals surface area contributed by atoms with Crippen molar-refractivity contribution >= 4 is 5.91 Å². The number of hydrogen-bond donors (Lipinski definition) is 1. The molecule has 1 aliphatic carbocycles. The fourth-order valence-electron chi connectivity index (χ4n) is 2.71. The van der Waals surface area contributed by atoms with Gasteiger partial charge in [0.05, 0.1) is 5.92 Å². The molecule has 1 aromatic carbocycles. The van der Waals surface area contributed by atoms with Gasteiger partial charge in [0.2, 0.25) is 5.91 Å². The van der Waals surface area contributed by atoms with Crippen LogP contribution in [0, 0.1) is 11.8 Å². The SMILES string of the molecule is CCC(CN)C(=O)N(Cc1ccccc1)C(C)C1CC1. The van der Waals surface area contributed by atoms with Crippen molar-refractivity contribution in [2.75, 3.05) is 6.54 Å². The highest BCUT2D eigenvalue weighted by atomic mass is 16.2. The van der Waals surface area contributed by atoms with Crippen LogP contribution < -0.4 is 5.73 Å². The highest BCUT2D eigenvalue weighted by Crippen LogP contribution is 2.36. The van der Waals surface area contributed by atoms with Crippen LogP contribution >= 0.6 is 0 Å². The molecule has 0 radical (unpaired) electrons. The van der Waals surface area contributed by atoms with Crippen molar-refractivity contribution in [3.05, 3.63) is 35.9 Å². The van der Waals surface area contributed by atoms with Crippen LogP contribution in [0.25, 0.3) is 0 Å². The minimum absolute atomic E-state index is 0.0417. The first-order valence-corrected chi connectivity index (χ1v) is 7.71. The summed E-state index contributed by atoms with van der Waals surface area (Å²) in [7, 11) is 0. The molecule has 0 spiro atoms. The fraction of sp³-hybridized carbons (Fsp3) is 0.588. The van der Waals surface area contributed by atoms with Crippen LogP contribution in [0.3, 0.4) is 0 Å². The molecule has 2 unspecified atom stereocenters. The van der Waals surface area contributed by atoms with E-state index in [0.29, 0.717) is 25.0 Å². The smallest absolute Gasteiger partial charge is 0.227 e. The molecule has 0 heterocycles. The predicted molar refractivity (Wildman–Crippen MR) is 82.0 cm³/mol. The molecule has 2 rings (SSSR count). The summed E-state index contributed by atoms with van der Waals surface area (Å²) in [5.41, 5.74) is 6.95. The zero-order chi connectivity index (χ0) is 14.5. The third-order valence-electron chi connectivity index (χ3n) is 4.40. The van der Waals surface area contributed by atoms with Gasteiger partial charge in [0.25, 0.3) is 0 Å². The molecule has 1 fully saturated rings. The van der Waals surface area contributed by atoms with Gasteiger partial charge in [0.15, 0.2) is 0 Å². The van der Waals surface area contributed by atoms with Crippen LogP contribution in [0.1, 0.15) is 38.7 Å². The minimum atomic E-state index is -0.0417. The lowest BCUT2D eigenvalue weighted by molar-refractivity contribution is -0.138. The Kier molecular flexibility index (Phi) is 5.18. The maximum absolute atomic E-state index is 12.7. The Balaban J connectivity index is 2.13. The molecule has 1 aliphatic rings. The lowest BCUT2D eigenvalue weighted by Gasteiger charge is -2.32. The van der Waals surface area contributed by atoms with E-state index in [9.17, 15) is 4.79 Å². The molecule has 0 saturated heterocycles. The number of hydrogen-bond acceptors (Lipinski definition) is 2. The van der Waals surface area contributed by atoms with Crippen LogP contribution in [0.4, 0.5) is 0 Å². The van der Waals surface area contributed by atoms with Crippen molar-refractivity contribution in [1.82, 2.24) is 4.90 Å². The minimum Gasteiger partial charge on any atom is -0.335 e. The van der Waals surface area contributed by atoms with E-state index in [1.54, 1.807) is 0 Å². The molecule has 2 N–H and O–H groups in total. The van der Waals surface area contributed by atoms with E-state index in [2.05, 4.69) is 19.1 Å². The quantitative estimate of drug-likeness (QED) is 0.831. The third kappa shape index (κ3) is 3.60. The van der Waals surface area contributed by atoms with Gasteiger partial charge in [-0.3, -0.25) is 4.79 Å². The summed E-state index contributed by atoms with van der Waals surface area (Å²) >= 11 is 0. The molecule has 0 bridgehead atoms. The first-order chi connectivity index (χ1) is 9.67. The van der Waals surface area contributed by atoms with E-state index in [0.717, 1.165) is 6.42 Å². The van der Waals surface area contributed by atoms with Crippen LogP contribution in [0.5, 0.6) is 0 Å². The Labute approximate surface area is 122 Å². The van der Waals surface area contributed by atoms with Gasteiger partial charge in [-0.25, -0.2) is 0 Å². The molecular formula is C17H26N2O. The van der Waals surface area contributed by atoms with Gasteiger partial charge in [-0.05, 0) is 37.7 Å². The molecule has 20 heavy (non-hydrogen) atoms. The second-order valence-corrected chi connectivity index (χ2v) is 5.87. The van der Waals surface area contributed by atoms with Crippen LogP contribution in [-0.2, 0) is 11.3 Å². The second-order valence-electron chi connectivity index (χ2n) is 5.87. The van der Waals surface area contributed by atoms with E-state index in [1.807, 2.05) is 30.0 Å². The highest BCUT2D eigenvalue weighted by Gasteiger charge is 2.35. The average molecular weight is 274 g/mol. The maximum Gasteiger partial charge on any atom is 0.227 e. The lowest BCUT2D eigenvalue weighted by Crippen LogP contribution is -2.44. The molecular weight excluding hydrogens is 248 g/mol. The number of nitrogens with zero attached hydrogens (tertiary/aromatic N) is 1. The van der Waals surface area contributed by atoms with Gasteiger partial charge in [-0.15, -0.1) is 0 Å². The zero-order valence-corrected chi connectivity index (χ0v) is 12.6. The summed E-state index contributed by atoms with van der Waals surface area (Å²) in [4.78, 5) is 14.8. The molecule has 110 valence electrons. The molecule has 0 aliphatic heterocycles. The van der Waals surface area contributed by atoms with Gasteiger partial charge in [0.1, 0.15) is 0 Å². The molecule has 0 aromatic heterocycles. The topological polar surface area (TPSA) is 46.3 Å². The van der Waals surface area contributed by atoms with Gasteiger partial charge in [-0.1, -0.05) is 37.3 Å². The van der Waals surface area contributed by atoms with Crippen molar-refractivity contribution < 1.29 is 4.79 Å². The van der Waals surface area contributed by atoms with Crippen LogP contribution in [-0.4, -0.2) is 23.4 Å². The van der Waals surface area contributed by atoms with Crippen LogP contribution in [0.2, 0.25) is 0 Å². The van der Waals surface area contributed by atoms with E-state index in [1.165, 1.54) is 18.4 Å². The van der Waals surface area contributed by atoms with Crippen molar-refractivity contribution in [3.8, 4) is 0 Å². The van der Waals surface area contributed by atoms with Crippen molar-refractivity contribution in [2.45, 2.75) is 45.7 Å². The van der Waals surface area contributed by atoms with Crippen molar-refractivity contribution in [2.24, 2.45) is 17.6 Å². The summed E-state index contributed by atoms with van der Waals surface area (Å²) in [5.74, 6) is 0.858. The Morgan fingerprint density at radius 2 is 2.00 bits per heavy atom. The number of carbonyl (C=O) groups excluding carboxylic acids is 1. The van der Waals surface area contributed by atoms with Crippen molar-refractivity contribution in [3.63, 3.8) is 0 Å². The first kappa shape index (κ1) is 15.0.